The summed E-state index contributed by atoms with van der Waals surface area (Å²) in [7, 11) is 0. The van der Waals surface area contributed by atoms with E-state index in [1.165, 1.54) is 6.92 Å². The summed E-state index contributed by atoms with van der Waals surface area (Å²) in [6.45, 7) is 9.32. The highest BCUT2D eigenvalue weighted by Crippen LogP contribution is 2.18. The van der Waals surface area contributed by atoms with Crippen LogP contribution >= 0.6 is 0 Å². The Morgan fingerprint density at radius 1 is 1.10 bits per heavy atom. The van der Waals surface area contributed by atoms with Crippen molar-refractivity contribution >= 4 is 11.7 Å². The summed E-state index contributed by atoms with van der Waals surface area (Å²) in [4.78, 5) is 25.5. The van der Waals surface area contributed by atoms with E-state index in [9.17, 15) is 9.59 Å². The molecule has 1 aromatic carbocycles. The average Bonchev–Trinajstić information content (AvgIpc) is 2.35. The van der Waals surface area contributed by atoms with Gasteiger partial charge < -0.3 is 9.64 Å². The summed E-state index contributed by atoms with van der Waals surface area (Å²) in [5.74, 6) is 0.312. The van der Waals surface area contributed by atoms with E-state index < -0.39 is 0 Å². The lowest BCUT2D eigenvalue weighted by molar-refractivity contribution is -0.137. The van der Waals surface area contributed by atoms with E-state index in [4.69, 9.17) is 4.74 Å². The third-order valence-electron chi connectivity index (χ3n) is 3.02. The fourth-order valence-corrected chi connectivity index (χ4v) is 2.27. The average molecular weight is 277 g/mol. The first-order chi connectivity index (χ1) is 9.34. The highest BCUT2D eigenvalue weighted by molar-refractivity contribution is 5.96. The molecule has 0 unspecified atom stereocenters. The van der Waals surface area contributed by atoms with Crippen LogP contribution in [-0.2, 0) is 4.79 Å². The van der Waals surface area contributed by atoms with E-state index in [1.807, 2.05) is 27.7 Å². The van der Waals surface area contributed by atoms with Crippen molar-refractivity contribution in [1.29, 1.82) is 0 Å². The molecule has 0 N–H and O–H groups in total. The number of ketones is 1. The number of hydrogen-bond donors (Lipinski definition) is 0. The van der Waals surface area contributed by atoms with Gasteiger partial charge in [0.25, 0.3) is 5.91 Å². The molecule has 0 heterocycles. The van der Waals surface area contributed by atoms with Crippen molar-refractivity contribution < 1.29 is 14.3 Å². The molecular weight excluding hydrogens is 254 g/mol. The standard InChI is InChI=1S/C16H23NO3/c1-11(2)17(12(3)4)16(19)10-20-15-9-7-6-8-14(15)13(5)18/h6-9,11-12H,10H2,1-5H3. The molecule has 0 aliphatic rings. The van der Waals surface area contributed by atoms with Crippen LogP contribution in [0.2, 0.25) is 0 Å². The molecule has 0 saturated heterocycles. The molecule has 0 fully saturated rings. The third-order valence-corrected chi connectivity index (χ3v) is 3.02. The van der Waals surface area contributed by atoms with E-state index in [0.717, 1.165) is 0 Å². The number of Topliss-reactive ketones (excluding diaryl/α,β-unsaturated/α-hetero) is 1. The van der Waals surface area contributed by atoms with Gasteiger partial charge in [-0.3, -0.25) is 9.59 Å². The first-order valence-corrected chi connectivity index (χ1v) is 6.88. The summed E-state index contributed by atoms with van der Waals surface area (Å²) in [6, 6.07) is 7.21. The quantitative estimate of drug-likeness (QED) is 0.751. The van der Waals surface area contributed by atoms with Crippen molar-refractivity contribution in [2.45, 2.75) is 46.7 Å². The lowest BCUT2D eigenvalue weighted by Crippen LogP contribution is -2.44. The van der Waals surface area contributed by atoms with Crippen molar-refractivity contribution in [3.05, 3.63) is 29.8 Å². The van der Waals surface area contributed by atoms with Crippen LogP contribution in [-0.4, -0.2) is 35.3 Å². The van der Waals surface area contributed by atoms with Crippen molar-refractivity contribution in [2.24, 2.45) is 0 Å². The summed E-state index contributed by atoms with van der Waals surface area (Å²) in [5.41, 5.74) is 0.501. The molecule has 1 aromatic rings. The molecule has 0 aromatic heterocycles. The Morgan fingerprint density at radius 3 is 2.15 bits per heavy atom. The number of nitrogens with zero attached hydrogens (tertiary/aromatic N) is 1. The lowest BCUT2D eigenvalue weighted by atomic mass is 10.1. The monoisotopic (exact) mass is 277 g/mol. The van der Waals surface area contributed by atoms with Gasteiger partial charge in [0.05, 0.1) is 5.56 Å². The number of para-hydroxylation sites is 1. The van der Waals surface area contributed by atoms with Gasteiger partial charge in [-0.05, 0) is 46.8 Å². The molecule has 0 saturated carbocycles. The zero-order valence-corrected chi connectivity index (χ0v) is 12.8. The summed E-state index contributed by atoms with van der Waals surface area (Å²) >= 11 is 0. The number of rotatable bonds is 6. The largest absolute Gasteiger partial charge is 0.483 e. The summed E-state index contributed by atoms with van der Waals surface area (Å²) in [5, 5.41) is 0. The Bertz CT molecular complexity index is 472. The molecule has 0 atom stereocenters. The summed E-state index contributed by atoms with van der Waals surface area (Å²) in [6.07, 6.45) is 0. The number of carbonyl (C=O) groups is 2. The fourth-order valence-electron chi connectivity index (χ4n) is 2.27. The maximum atomic E-state index is 12.2. The molecule has 0 spiro atoms. The van der Waals surface area contributed by atoms with Crippen molar-refractivity contribution in [2.75, 3.05) is 6.61 Å². The Morgan fingerprint density at radius 2 is 1.65 bits per heavy atom. The third kappa shape index (κ3) is 4.08. The van der Waals surface area contributed by atoms with Crippen LogP contribution in [0.1, 0.15) is 45.0 Å². The smallest absolute Gasteiger partial charge is 0.260 e. The highest BCUT2D eigenvalue weighted by Gasteiger charge is 2.20. The minimum atomic E-state index is -0.0756. The molecule has 0 aliphatic carbocycles. The molecule has 4 nitrogen and oxygen atoms in total. The van der Waals surface area contributed by atoms with Crippen LogP contribution in [0.15, 0.2) is 24.3 Å². The molecule has 0 aliphatic heterocycles. The van der Waals surface area contributed by atoms with E-state index in [-0.39, 0.29) is 30.4 Å². The fraction of sp³-hybridized carbons (Fsp3) is 0.500. The topological polar surface area (TPSA) is 46.6 Å². The van der Waals surface area contributed by atoms with Gasteiger partial charge in [-0.15, -0.1) is 0 Å². The molecule has 20 heavy (non-hydrogen) atoms. The number of benzene rings is 1. The molecule has 1 amide bonds. The maximum absolute atomic E-state index is 12.2. The van der Waals surface area contributed by atoms with Crippen molar-refractivity contribution in [3.8, 4) is 5.75 Å². The minimum absolute atomic E-state index is 0.0549. The Hall–Kier alpha value is -1.84. The molecule has 110 valence electrons. The number of amides is 1. The Kier molecular flexibility index (Phi) is 5.74. The Labute approximate surface area is 120 Å². The first kappa shape index (κ1) is 16.2. The van der Waals surface area contributed by atoms with Gasteiger partial charge in [0, 0.05) is 12.1 Å². The molecule has 4 heteroatoms. The van der Waals surface area contributed by atoms with Crippen LogP contribution in [0.5, 0.6) is 5.75 Å². The SMILES string of the molecule is CC(=O)c1ccccc1OCC(=O)N(C(C)C)C(C)C. The van der Waals surface area contributed by atoms with Crippen molar-refractivity contribution in [1.82, 2.24) is 4.90 Å². The van der Waals surface area contributed by atoms with Gasteiger partial charge in [-0.1, -0.05) is 12.1 Å². The van der Waals surface area contributed by atoms with Gasteiger partial charge in [-0.2, -0.15) is 0 Å². The van der Waals surface area contributed by atoms with Crippen LogP contribution < -0.4 is 4.74 Å². The second kappa shape index (κ2) is 7.08. The number of carbonyl (C=O) groups excluding carboxylic acids is 2. The van der Waals surface area contributed by atoms with Crippen molar-refractivity contribution in [3.63, 3.8) is 0 Å². The van der Waals surface area contributed by atoms with Gasteiger partial charge in [0.1, 0.15) is 5.75 Å². The zero-order chi connectivity index (χ0) is 15.3. The van der Waals surface area contributed by atoms with E-state index in [1.54, 1.807) is 29.2 Å². The molecule has 0 bridgehead atoms. The molecule has 1 rings (SSSR count). The first-order valence-electron chi connectivity index (χ1n) is 6.88. The second-order valence-electron chi connectivity index (χ2n) is 5.33. The van der Waals surface area contributed by atoms with Crippen LogP contribution in [0.25, 0.3) is 0 Å². The van der Waals surface area contributed by atoms with E-state index in [0.29, 0.717) is 11.3 Å². The van der Waals surface area contributed by atoms with Crippen LogP contribution in [0.3, 0.4) is 0 Å². The van der Waals surface area contributed by atoms with Crippen LogP contribution in [0, 0.1) is 0 Å². The van der Waals surface area contributed by atoms with Gasteiger partial charge >= 0.3 is 0 Å². The normalized spacial score (nSPS) is 10.8. The Balaban J connectivity index is 2.77. The zero-order valence-electron chi connectivity index (χ0n) is 12.8. The van der Waals surface area contributed by atoms with Gasteiger partial charge in [-0.25, -0.2) is 0 Å². The maximum Gasteiger partial charge on any atom is 0.260 e. The van der Waals surface area contributed by atoms with Crippen LogP contribution in [0.4, 0.5) is 0 Å². The van der Waals surface area contributed by atoms with Gasteiger partial charge in [0.2, 0.25) is 0 Å². The molecule has 0 radical (unpaired) electrons. The van der Waals surface area contributed by atoms with Gasteiger partial charge in [0.15, 0.2) is 12.4 Å². The summed E-state index contributed by atoms with van der Waals surface area (Å²) < 4.78 is 5.53. The highest BCUT2D eigenvalue weighted by atomic mass is 16.5. The van der Waals surface area contributed by atoms with E-state index in [2.05, 4.69) is 0 Å². The number of ether oxygens (including phenoxy) is 1. The second-order valence-corrected chi connectivity index (χ2v) is 5.33. The minimum Gasteiger partial charge on any atom is -0.483 e. The predicted octanol–water partition coefficient (Wildman–Crippen LogP) is 2.91. The lowest BCUT2D eigenvalue weighted by Gasteiger charge is -2.30. The van der Waals surface area contributed by atoms with E-state index >= 15 is 0 Å². The number of hydrogen-bond acceptors (Lipinski definition) is 3. The predicted molar refractivity (Wildman–Crippen MR) is 79.1 cm³/mol. The molecular formula is C16H23NO3.